The quantitative estimate of drug-likeness (QED) is 0.722. The highest BCUT2D eigenvalue weighted by molar-refractivity contribution is 5.99. The van der Waals surface area contributed by atoms with E-state index in [1.807, 2.05) is 20.8 Å². The Hall–Kier alpha value is -2.28. The first-order valence-electron chi connectivity index (χ1n) is 9.16. The van der Waals surface area contributed by atoms with Crippen LogP contribution >= 0.6 is 0 Å². The maximum atomic E-state index is 14.3. The molecular weight excluding hydrogens is 350 g/mol. The van der Waals surface area contributed by atoms with Crippen LogP contribution in [0.3, 0.4) is 0 Å². The zero-order valence-corrected chi connectivity index (χ0v) is 16.6. The number of nitrogens with zero attached hydrogens (tertiary/aromatic N) is 2. The summed E-state index contributed by atoms with van der Waals surface area (Å²) in [5.74, 6) is -1.74. The van der Waals surface area contributed by atoms with Crippen LogP contribution in [-0.4, -0.2) is 34.8 Å². The molecule has 0 radical (unpaired) electrons. The number of benzene rings is 1. The van der Waals surface area contributed by atoms with E-state index >= 15 is 0 Å². The lowest BCUT2D eigenvalue weighted by molar-refractivity contribution is 0.0953. The summed E-state index contributed by atoms with van der Waals surface area (Å²) in [5, 5.41) is 10.5. The Kier molecular flexibility index (Phi) is 6.70. The topological polar surface area (TPSA) is 58.9 Å². The molecule has 2 N–H and O–H groups in total. The molecule has 0 saturated carbocycles. The average molecular weight is 378 g/mol. The molecule has 0 saturated heterocycles. The van der Waals surface area contributed by atoms with Crippen molar-refractivity contribution in [2.75, 3.05) is 13.1 Å². The number of aromatic nitrogens is 2. The van der Waals surface area contributed by atoms with E-state index in [4.69, 9.17) is 0 Å². The number of rotatable bonds is 7. The van der Waals surface area contributed by atoms with E-state index in [0.717, 1.165) is 25.1 Å². The fourth-order valence-corrected chi connectivity index (χ4v) is 2.54. The van der Waals surface area contributed by atoms with Crippen LogP contribution in [0, 0.1) is 11.6 Å². The zero-order chi connectivity index (χ0) is 20.2. The molecular formula is C20H28F2N4O. The van der Waals surface area contributed by atoms with E-state index in [0.29, 0.717) is 12.6 Å². The van der Waals surface area contributed by atoms with Crippen molar-refractivity contribution >= 4 is 5.91 Å². The molecule has 0 aliphatic heterocycles. The van der Waals surface area contributed by atoms with Crippen molar-refractivity contribution in [2.45, 2.75) is 52.6 Å². The van der Waals surface area contributed by atoms with Gasteiger partial charge in [-0.05, 0) is 45.9 Å². The molecule has 7 heteroatoms. The van der Waals surface area contributed by atoms with Gasteiger partial charge in [-0.3, -0.25) is 9.48 Å². The number of amides is 1. The summed E-state index contributed by atoms with van der Waals surface area (Å²) < 4.78 is 29.2. The Morgan fingerprint density at radius 3 is 2.52 bits per heavy atom. The smallest absolute Gasteiger partial charge is 0.255 e. The molecule has 0 aliphatic carbocycles. The second-order valence-electron chi connectivity index (χ2n) is 7.85. The third kappa shape index (κ3) is 5.60. The standard InChI is InChI=1S/C20H28F2N4O/c1-13(2)23-9-6-10-24-19(27)16-12-26(20(3,4)5)25-18(16)15-8-7-14(21)11-17(15)22/h7-8,11-13,23H,6,9-10H2,1-5H3,(H,24,27). The average Bonchev–Trinajstić information content (AvgIpc) is 2.99. The first-order chi connectivity index (χ1) is 12.6. The van der Waals surface area contributed by atoms with Crippen molar-refractivity contribution in [3.8, 4) is 11.3 Å². The molecule has 2 rings (SSSR count). The highest BCUT2D eigenvalue weighted by Crippen LogP contribution is 2.28. The summed E-state index contributed by atoms with van der Waals surface area (Å²) >= 11 is 0. The van der Waals surface area contributed by atoms with Crippen molar-refractivity contribution in [3.63, 3.8) is 0 Å². The summed E-state index contributed by atoms with van der Waals surface area (Å²) in [6, 6.07) is 3.65. The van der Waals surface area contributed by atoms with E-state index < -0.39 is 11.6 Å². The number of hydrogen-bond donors (Lipinski definition) is 2. The van der Waals surface area contributed by atoms with Crippen molar-refractivity contribution in [3.05, 3.63) is 41.6 Å². The van der Waals surface area contributed by atoms with Gasteiger partial charge in [-0.2, -0.15) is 5.10 Å². The van der Waals surface area contributed by atoms with E-state index in [9.17, 15) is 13.6 Å². The second-order valence-corrected chi connectivity index (χ2v) is 7.85. The van der Waals surface area contributed by atoms with Gasteiger partial charge in [-0.15, -0.1) is 0 Å². The lowest BCUT2D eigenvalue weighted by Gasteiger charge is -2.18. The van der Waals surface area contributed by atoms with Crippen LogP contribution in [0.25, 0.3) is 11.3 Å². The molecule has 5 nitrogen and oxygen atoms in total. The van der Waals surface area contributed by atoms with Gasteiger partial charge in [0.25, 0.3) is 5.91 Å². The Labute approximate surface area is 159 Å². The van der Waals surface area contributed by atoms with Gasteiger partial charge in [-0.25, -0.2) is 8.78 Å². The van der Waals surface area contributed by atoms with Crippen LogP contribution in [0.2, 0.25) is 0 Å². The van der Waals surface area contributed by atoms with Gasteiger partial charge in [0, 0.05) is 30.4 Å². The number of halogens is 2. The monoisotopic (exact) mass is 378 g/mol. The summed E-state index contributed by atoms with van der Waals surface area (Å²) in [6.45, 7) is 11.2. The van der Waals surface area contributed by atoms with Crippen LogP contribution in [0.15, 0.2) is 24.4 Å². The number of nitrogens with one attached hydrogen (secondary N) is 2. The zero-order valence-electron chi connectivity index (χ0n) is 16.6. The Bertz CT molecular complexity index is 794. The summed E-state index contributed by atoms with van der Waals surface area (Å²) in [6.07, 6.45) is 2.39. The Morgan fingerprint density at radius 1 is 1.22 bits per heavy atom. The van der Waals surface area contributed by atoms with E-state index in [1.54, 1.807) is 10.9 Å². The first-order valence-corrected chi connectivity index (χ1v) is 9.16. The summed E-state index contributed by atoms with van der Waals surface area (Å²) in [7, 11) is 0. The Balaban J connectivity index is 2.26. The molecule has 1 amide bonds. The van der Waals surface area contributed by atoms with Crippen molar-refractivity contribution < 1.29 is 13.6 Å². The minimum atomic E-state index is -0.746. The van der Waals surface area contributed by atoms with E-state index in [2.05, 4.69) is 29.6 Å². The lowest BCUT2D eigenvalue weighted by atomic mass is 10.1. The lowest BCUT2D eigenvalue weighted by Crippen LogP contribution is -2.29. The van der Waals surface area contributed by atoms with Gasteiger partial charge in [0.15, 0.2) is 0 Å². The van der Waals surface area contributed by atoms with Crippen molar-refractivity contribution in [2.24, 2.45) is 0 Å². The van der Waals surface area contributed by atoms with Crippen LogP contribution in [-0.2, 0) is 5.54 Å². The Morgan fingerprint density at radius 2 is 1.93 bits per heavy atom. The van der Waals surface area contributed by atoms with Crippen LogP contribution in [0.4, 0.5) is 8.78 Å². The molecule has 27 heavy (non-hydrogen) atoms. The summed E-state index contributed by atoms with van der Waals surface area (Å²) in [4.78, 5) is 12.7. The fourth-order valence-electron chi connectivity index (χ4n) is 2.54. The molecule has 0 aliphatic rings. The second kappa shape index (κ2) is 8.61. The number of carbonyl (C=O) groups excluding carboxylic acids is 1. The van der Waals surface area contributed by atoms with Gasteiger partial charge in [-0.1, -0.05) is 13.8 Å². The molecule has 0 fully saturated rings. The molecule has 148 valence electrons. The third-order valence-corrected chi connectivity index (χ3v) is 4.02. The van der Waals surface area contributed by atoms with E-state index in [1.165, 1.54) is 6.07 Å². The van der Waals surface area contributed by atoms with E-state index in [-0.39, 0.29) is 28.3 Å². The highest BCUT2D eigenvalue weighted by atomic mass is 19.1. The predicted molar refractivity (Wildman–Crippen MR) is 103 cm³/mol. The van der Waals surface area contributed by atoms with Gasteiger partial charge in [0.1, 0.15) is 17.3 Å². The van der Waals surface area contributed by atoms with Gasteiger partial charge in [0.2, 0.25) is 0 Å². The molecule has 1 aromatic carbocycles. The molecule has 2 aromatic rings. The first kappa shape index (κ1) is 21.0. The predicted octanol–water partition coefficient (Wildman–Crippen LogP) is 3.70. The SMILES string of the molecule is CC(C)NCCCNC(=O)c1cn(C(C)(C)C)nc1-c1ccc(F)cc1F. The number of hydrogen-bond acceptors (Lipinski definition) is 3. The molecule has 0 unspecified atom stereocenters. The molecule has 0 spiro atoms. The molecule has 1 heterocycles. The van der Waals surface area contributed by atoms with Crippen LogP contribution in [0.1, 0.15) is 51.4 Å². The minimum Gasteiger partial charge on any atom is -0.352 e. The minimum absolute atomic E-state index is 0.103. The molecule has 1 aromatic heterocycles. The van der Waals surface area contributed by atoms with Gasteiger partial charge >= 0.3 is 0 Å². The largest absolute Gasteiger partial charge is 0.352 e. The third-order valence-electron chi connectivity index (χ3n) is 4.02. The normalized spacial score (nSPS) is 11.9. The van der Waals surface area contributed by atoms with Crippen molar-refractivity contribution in [1.82, 2.24) is 20.4 Å². The highest BCUT2D eigenvalue weighted by Gasteiger charge is 2.24. The van der Waals surface area contributed by atoms with Crippen LogP contribution < -0.4 is 10.6 Å². The maximum Gasteiger partial charge on any atom is 0.255 e. The number of carbonyl (C=O) groups is 1. The fraction of sp³-hybridized carbons (Fsp3) is 0.500. The van der Waals surface area contributed by atoms with Gasteiger partial charge in [0.05, 0.1) is 11.1 Å². The van der Waals surface area contributed by atoms with Gasteiger partial charge < -0.3 is 10.6 Å². The molecule has 0 atom stereocenters. The van der Waals surface area contributed by atoms with Crippen molar-refractivity contribution in [1.29, 1.82) is 0 Å². The summed E-state index contributed by atoms with van der Waals surface area (Å²) in [5.41, 5.74) is 0.198. The maximum absolute atomic E-state index is 14.3. The van der Waals surface area contributed by atoms with Crippen LogP contribution in [0.5, 0.6) is 0 Å². The molecule has 0 bridgehead atoms.